The molecule has 0 saturated carbocycles. The molecule has 0 aromatic carbocycles. The molecule has 4 heterocycles. The monoisotopic (exact) mass is 338 g/mol. The Labute approximate surface area is 146 Å². The molecule has 1 aliphatic rings. The summed E-state index contributed by atoms with van der Waals surface area (Å²) in [6.07, 6.45) is 9.66. The predicted octanol–water partition coefficient (Wildman–Crippen LogP) is 1.62. The van der Waals surface area contributed by atoms with Gasteiger partial charge in [0.2, 0.25) is 11.9 Å². The number of amides is 1. The lowest BCUT2D eigenvalue weighted by molar-refractivity contribution is -0.121. The van der Waals surface area contributed by atoms with Crippen LogP contribution >= 0.6 is 0 Å². The van der Waals surface area contributed by atoms with Gasteiger partial charge in [-0.05, 0) is 30.5 Å². The number of imidazole rings is 1. The Morgan fingerprint density at radius 3 is 2.92 bits per heavy atom. The Bertz CT molecular complexity index is 874. The van der Waals surface area contributed by atoms with E-state index in [2.05, 4.69) is 25.2 Å². The fourth-order valence-electron chi connectivity index (χ4n) is 3.50. The molecule has 1 fully saturated rings. The van der Waals surface area contributed by atoms with Crippen molar-refractivity contribution in [1.29, 1.82) is 0 Å². The normalized spacial score (nSPS) is 15.6. The maximum absolute atomic E-state index is 12.4. The lowest BCUT2D eigenvalue weighted by Gasteiger charge is -2.33. The van der Waals surface area contributed by atoms with Crippen LogP contribution < -0.4 is 10.2 Å². The molecule has 0 bridgehead atoms. The van der Waals surface area contributed by atoms with Crippen LogP contribution in [0.1, 0.15) is 18.4 Å². The molecule has 0 radical (unpaired) electrons. The third-order valence-electron chi connectivity index (χ3n) is 4.83. The van der Waals surface area contributed by atoms with E-state index >= 15 is 0 Å². The summed E-state index contributed by atoms with van der Waals surface area (Å²) in [6.45, 7) is 1.82. The first-order valence-electron chi connectivity index (χ1n) is 8.63. The van der Waals surface area contributed by atoms with E-state index in [1.165, 1.54) is 0 Å². The molecule has 1 saturated heterocycles. The number of carbonyl (C=O) groups is 1. The van der Waals surface area contributed by atoms with Crippen molar-refractivity contribution in [3.63, 3.8) is 0 Å². The smallest absolute Gasteiger partial charge is 0.224 e. The van der Waals surface area contributed by atoms with Gasteiger partial charge in [-0.15, -0.1) is 0 Å². The summed E-state index contributed by atoms with van der Waals surface area (Å²) in [5, 5.41) is 4.19. The number of nitrogens with zero attached hydrogens (tertiary/aromatic N) is 4. The van der Waals surface area contributed by atoms with E-state index in [0.717, 1.165) is 48.5 Å². The Morgan fingerprint density at radius 1 is 1.32 bits per heavy atom. The average Bonchev–Trinajstić information content (AvgIpc) is 3.22. The van der Waals surface area contributed by atoms with E-state index in [1.54, 1.807) is 6.20 Å². The summed E-state index contributed by atoms with van der Waals surface area (Å²) in [5.41, 5.74) is 1.82. The number of aryl methyl sites for hydroxylation is 1. The van der Waals surface area contributed by atoms with Crippen LogP contribution in [0.2, 0.25) is 0 Å². The first-order chi connectivity index (χ1) is 12.2. The molecule has 7 nitrogen and oxygen atoms in total. The number of pyridine rings is 1. The molecule has 3 aromatic rings. The maximum atomic E-state index is 12.4. The summed E-state index contributed by atoms with van der Waals surface area (Å²) < 4.78 is 2.03. The highest BCUT2D eigenvalue weighted by Crippen LogP contribution is 2.19. The van der Waals surface area contributed by atoms with Gasteiger partial charge < -0.3 is 19.8 Å². The largest absolute Gasteiger partial charge is 0.353 e. The fourth-order valence-corrected chi connectivity index (χ4v) is 3.50. The van der Waals surface area contributed by atoms with Crippen molar-refractivity contribution in [3.8, 4) is 0 Å². The number of piperidine rings is 1. The number of carbonyl (C=O) groups excluding carboxylic acids is 1. The lowest BCUT2D eigenvalue weighted by Crippen LogP contribution is -2.45. The molecule has 4 rings (SSSR count). The van der Waals surface area contributed by atoms with Crippen molar-refractivity contribution in [2.75, 3.05) is 18.0 Å². The van der Waals surface area contributed by atoms with E-state index < -0.39 is 0 Å². The zero-order valence-corrected chi connectivity index (χ0v) is 14.3. The van der Waals surface area contributed by atoms with Gasteiger partial charge in [-0.1, -0.05) is 0 Å². The Balaban J connectivity index is 1.32. The second-order valence-corrected chi connectivity index (χ2v) is 6.56. The number of hydrogen-bond donors (Lipinski definition) is 2. The van der Waals surface area contributed by atoms with E-state index in [9.17, 15) is 4.79 Å². The number of fused-ring (bicyclic) bond motifs is 1. The highest BCUT2D eigenvalue weighted by Gasteiger charge is 2.23. The minimum absolute atomic E-state index is 0.0696. The molecule has 0 aliphatic carbocycles. The van der Waals surface area contributed by atoms with Crippen molar-refractivity contribution < 1.29 is 4.79 Å². The van der Waals surface area contributed by atoms with Gasteiger partial charge in [-0.3, -0.25) is 4.79 Å². The standard InChI is InChI=1S/C18H22N6O/c1-23-10-7-20-18(23)24-8-4-14(5-9-24)22-16(25)11-13-12-21-17-15(13)3-2-6-19-17/h2-3,6-7,10,12,14H,4-5,8-9,11H2,1H3,(H,19,21)(H,22,25). The van der Waals surface area contributed by atoms with Crippen LogP contribution in [0.4, 0.5) is 5.95 Å². The number of anilines is 1. The third-order valence-corrected chi connectivity index (χ3v) is 4.83. The molecule has 7 heteroatoms. The SMILES string of the molecule is Cn1ccnc1N1CCC(NC(=O)Cc2c[nH]c3ncccc23)CC1. The number of rotatable bonds is 4. The quantitative estimate of drug-likeness (QED) is 0.758. The Hall–Kier alpha value is -2.83. The third kappa shape index (κ3) is 3.22. The van der Waals surface area contributed by atoms with Gasteiger partial charge in [0.1, 0.15) is 5.65 Å². The number of nitrogens with one attached hydrogen (secondary N) is 2. The zero-order chi connectivity index (χ0) is 17.2. The summed E-state index contributed by atoms with van der Waals surface area (Å²) in [5.74, 6) is 1.07. The van der Waals surface area contributed by atoms with E-state index in [-0.39, 0.29) is 11.9 Å². The highest BCUT2D eigenvalue weighted by molar-refractivity contribution is 5.87. The van der Waals surface area contributed by atoms with Crippen LogP contribution in [0.5, 0.6) is 0 Å². The van der Waals surface area contributed by atoms with Crippen molar-refractivity contribution in [3.05, 3.63) is 42.5 Å². The van der Waals surface area contributed by atoms with Gasteiger partial charge in [-0.25, -0.2) is 9.97 Å². The van der Waals surface area contributed by atoms with Crippen LogP contribution in [0.25, 0.3) is 11.0 Å². The molecule has 130 valence electrons. The zero-order valence-electron chi connectivity index (χ0n) is 14.3. The van der Waals surface area contributed by atoms with Gasteiger partial charge >= 0.3 is 0 Å². The van der Waals surface area contributed by atoms with Crippen molar-refractivity contribution in [2.24, 2.45) is 7.05 Å². The van der Waals surface area contributed by atoms with Crippen molar-refractivity contribution >= 4 is 22.9 Å². The summed E-state index contributed by atoms with van der Waals surface area (Å²) in [7, 11) is 2.01. The molecule has 0 spiro atoms. The summed E-state index contributed by atoms with van der Waals surface area (Å²) in [6, 6.07) is 4.12. The second kappa shape index (κ2) is 6.58. The maximum Gasteiger partial charge on any atom is 0.224 e. The number of hydrogen-bond acceptors (Lipinski definition) is 4. The molecular weight excluding hydrogens is 316 g/mol. The molecule has 1 amide bonds. The molecule has 2 N–H and O–H groups in total. The van der Waals surface area contributed by atoms with E-state index in [1.807, 2.05) is 42.3 Å². The van der Waals surface area contributed by atoms with Crippen LogP contribution in [-0.4, -0.2) is 44.6 Å². The highest BCUT2D eigenvalue weighted by atomic mass is 16.1. The average molecular weight is 338 g/mol. The number of aromatic nitrogens is 4. The molecule has 25 heavy (non-hydrogen) atoms. The molecular formula is C18H22N6O. The van der Waals surface area contributed by atoms with Crippen LogP contribution in [0.15, 0.2) is 36.9 Å². The van der Waals surface area contributed by atoms with Gasteiger partial charge in [0, 0.05) is 56.4 Å². The minimum Gasteiger partial charge on any atom is -0.353 e. The Morgan fingerprint density at radius 2 is 2.16 bits per heavy atom. The fraction of sp³-hybridized carbons (Fsp3) is 0.389. The van der Waals surface area contributed by atoms with E-state index in [4.69, 9.17) is 0 Å². The summed E-state index contributed by atoms with van der Waals surface area (Å²) >= 11 is 0. The predicted molar refractivity (Wildman–Crippen MR) is 96.4 cm³/mol. The van der Waals surface area contributed by atoms with Gasteiger partial charge in [0.25, 0.3) is 0 Å². The van der Waals surface area contributed by atoms with Crippen LogP contribution in [0, 0.1) is 0 Å². The van der Waals surface area contributed by atoms with E-state index in [0.29, 0.717) is 6.42 Å². The Kier molecular flexibility index (Phi) is 4.13. The summed E-state index contributed by atoms with van der Waals surface area (Å²) in [4.78, 5) is 26.5. The van der Waals surface area contributed by atoms with Gasteiger partial charge in [0.05, 0.1) is 6.42 Å². The van der Waals surface area contributed by atoms with Gasteiger partial charge in [-0.2, -0.15) is 0 Å². The van der Waals surface area contributed by atoms with Gasteiger partial charge in [0.15, 0.2) is 0 Å². The van der Waals surface area contributed by atoms with Crippen molar-refractivity contribution in [2.45, 2.75) is 25.3 Å². The molecule has 1 aliphatic heterocycles. The molecule has 0 atom stereocenters. The topological polar surface area (TPSA) is 78.8 Å². The first kappa shape index (κ1) is 15.7. The number of aromatic amines is 1. The minimum atomic E-state index is 0.0696. The van der Waals surface area contributed by atoms with Crippen LogP contribution in [0.3, 0.4) is 0 Å². The van der Waals surface area contributed by atoms with Crippen LogP contribution in [-0.2, 0) is 18.3 Å². The van der Waals surface area contributed by atoms with Crippen molar-refractivity contribution in [1.82, 2.24) is 24.8 Å². The lowest BCUT2D eigenvalue weighted by atomic mass is 10.0. The first-order valence-corrected chi connectivity index (χ1v) is 8.63. The number of H-pyrrole nitrogens is 1. The second-order valence-electron chi connectivity index (χ2n) is 6.56. The molecule has 3 aromatic heterocycles. The molecule has 0 unspecified atom stereocenters.